The number of rotatable bonds is 6. The molecule has 0 saturated heterocycles. The van der Waals surface area contributed by atoms with Gasteiger partial charge in [0.05, 0.1) is 24.5 Å². The van der Waals surface area contributed by atoms with Crippen LogP contribution in [0.1, 0.15) is 25.8 Å². The number of nitrogens with zero attached hydrogens (tertiary/aromatic N) is 1. The maximum absolute atomic E-state index is 10.5. The quantitative estimate of drug-likeness (QED) is 0.838. The van der Waals surface area contributed by atoms with Crippen LogP contribution >= 0.6 is 0 Å². The van der Waals surface area contributed by atoms with E-state index >= 15 is 0 Å². The summed E-state index contributed by atoms with van der Waals surface area (Å²) >= 11 is 0. The average Bonchev–Trinajstić information content (AvgIpc) is 2.30. The van der Waals surface area contributed by atoms with Gasteiger partial charge in [0.1, 0.15) is 5.75 Å². The highest BCUT2D eigenvalue weighted by atomic mass is 16.5. The predicted molar refractivity (Wildman–Crippen MR) is 67.3 cm³/mol. The van der Waals surface area contributed by atoms with Gasteiger partial charge >= 0.3 is 5.97 Å². The Hall–Kier alpha value is -2.02. The number of carboxylic acid groups (broad SMARTS) is 1. The summed E-state index contributed by atoms with van der Waals surface area (Å²) in [6, 6.07) is 9.18. The molecule has 0 heterocycles. The Balaban J connectivity index is 2.45. The summed E-state index contributed by atoms with van der Waals surface area (Å²) in [6.45, 7) is 4.21. The predicted octanol–water partition coefficient (Wildman–Crippen LogP) is 2.63. The minimum Gasteiger partial charge on any atom is -0.494 e. The van der Waals surface area contributed by atoms with Crippen LogP contribution in [0.4, 0.5) is 0 Å². The van der Waals surface area contributed by atoms with E-state index in [9.17, 15) is 4.79 Å². The molecular formula is C14H17NO3. The fourth-order valence-electron chi connectivity index (χ4n) is 1.36. The first kappa shape index (κ1) is 14.0. The molecule has 0 aliphatic carbocycles. The van der Waals surface area contributed by atoms with Gasteiger partial charge in [-0.2, -0.15) is 5.26 Å². The third-order valence-corrected chi connectivity index (χ3v) is 2.58. The molecule has 0 amide bonds. The van der Waals surface area contributed by atoms with Crippen molar-refractivity contribution in [1.82, 2.24) is 0 Å². The number of hydrogen-bond donors (Lipinski definition) is 1. The first-order valence-corrected chi connectivity index (χ1v) is 5.78. The van der Waals surface area contributed by atoms with Gasteiger partial charge in [-0.15, -0.1) is 0 Å². The van der Waals surface area contributed by atoms with Gasteiger partial charge in [-0.05, 0) is 38.0 Å². The number of hydrogen-bond acceptors (Lipinski definition) is 3. The van der Waals surface area contributed by atoms with Crippen LogP contribution in [0.2, 0.25) is 0 Å². The molecule has 1 aromatic rings. The van der Waals surface area contributed by atoms with E-state index in [1.165, 1.54) is 0 Å². The molecule has 4 nitrogen and oxygen atoms in total. The van der Waals surface area contributed by atoms with Crippen molar-refractivity contribution in [2.75, 3.05) is 6.61 Å². The van der Waals surface area contributed by atoms with Gasteiger partial charge in [0, 0.05) is 0 Å². The first-order chi connectivity index (χ1) is 8.43. The van der Waals surface area contributed by atoms with Crippen LogP contribution in [-0.4, -0.2) is 17.7 Å². The second-order valence-corrected chi connectivity index (χ2v) is 4.81. The van der Waals surface area contributed by atoms with Crippen molar-refractivity contribution in [3.05, 3.63) is 29.8 Å². The molecule has 0 atom stereocenters. The Morgan fingerprint density at radius 3 is 2.50 bits per heavy atom. The lowest BCUT2D eigenvalue weighted by molar-refractivity contribution is -0.136. The van der Waals surface area contributed by atoms with Crippen LogP contribution < -0.4 is 4.74 Å². The van der Waals surface area contributed by atoms with Gasteiger partial charge in [0.2, 0.25) is 0 Å². The molecule has 0 bridgehead atoms. The second-order valence-electron chi connectivity index (χ2n) is 4.81. The smallest absolute Gasteiger partial charge is 0.307 e. The summed E-state index contributed by atoms with van der Waals surface area (Å²) in [7, 11) is 0. The second kappa shape index (κ2) is 6.06. The highest BCUT2D eigenvalue weighted by Crippen LogP contribution is 2.20. The maximum atomic E-state index is 10.5. The van der Waals surface area contributed by atoms with Crippen molar-refractivity contribution in [3.63, 3.8) is 0 Å². The molecule has 0 aliphatic rings. The van der Waals surface area contributed by atoms with Gasteiger partial charge in [-0.25, -0.2) is 0 Å². The molecule has 0 spiro atoms. The molecule has 0 aromatic heterocycles. The van der Waals surface area contributed by atoms with E-state index in [-0.39, 0.29) is 11.8 Å². The Bertz CT molecular complexity index is 443. The largest absolute Gasteiger partial charge is 0.494 e. The van der Waals surface area contributed by atoms with Crippen LogP contribution in [0, 0.1) is 16.7 Å². The highest BCUT2D eigenvalue weighted by molar-refractivity contribution is 5.70. The van der Waals surface area contributed by atoms with E-state index in [4.69, 9.17) is 15.1 Å². The lowest BCUT2D eigenvalue weighted by Crippen LogP contribution is -2.13. The van der Waals surface area contributed by atoms with Gasteiger partial charge < -0.3 is 9.84 Å². The van der Waals surface area contributed by atoms with E-state index in [1.54, 1.807) is 24.3 Å². The molecule has 0 aliphatic heterocycles. The van der Waals surface area contributed by atoms with E-state index in [2.05, 4.69) is 6.07 Å². The first-order valence-electron chi connectivity index (χ1n) is 5.78. The number of carboxylic acids is 1. The van der Waals surface area contributed by atoms with Gasteiger partial charge in [-0.3, -0.25) is 4.79 Å². The maximum Gasteiger partial charge on any atom is 0.307 e. The zero-order valence-corrected chi connectivity index (χ0v) is 10.6. The topological polar surface area (TPSA) is 70.3 Å². The summed E-state index contributed by atoms with van der Waals surface area (Å²) in [6.07, 6.45) is 0.669. The number of ether oxygens (including phenoxy) is 1. The van der Waals surface area contributed by atoms with E-state index in [0.717, 1.165) is 5.56 Å². The van der Waals surface area contributed by atoms with E-state index < -0.39 is 5.97 Å². The Morgan fingerprint density at radius 1 is 1.39 bits per heavy atom. The Kier molecular flexibility index (Phi) is 4.73. The third kappa shape index (κ3) is 4.88. The minimum atomic E-state index is -0.848. The van der Waals surface area contributed by atoms with Crippen molar-refractivity contribution in [3.8, 4) is 11.8 Å². The molecule has 0 radical (unpaired) electrons. The summed E-state index contributed by atoms with van der Waals surface area (Å²) in [5.41, 5.74) is 0.357. The van der Waals surface area contributed by atoms with E-state index in [1.807, 2.05) is 13.8 Å². The molecule has 1 rings (SSSR count). The molecule has 96 valence electrons. The molecule has 4 heteroatoms. The number of benzene rings is 1. The van der Waals surface area contributed by atoms with Crippen LogP contribution in [0.3, 0.4) is 0 Å². The monoisotopic (exact) mass is 247 g/mol. The van der Waals surface area contributed by atoms with Gasteiger partial charge in [-0.1, -0.05) is 12.1 Å². The summed E-state index contributed by atoms with van der Waals surface area (Å²) in [5, 5.41) is 17.5. The van der Waals surface area contributed by atoms with Crippen molar-refractivity contribution in [2.24, 2.45) is 5.41 Å². The lowest BCUT2D eigenvalue weighted by atomic mass is 9.92. The van der Waals surface area contributed by atoms with Crippen LogP contribution in [0.25, 0.3) is 0 Å². The normalized spacial score (nSPS) is 10.7. The van der Waals surface area contributed by atoms with Crippen molar-refractivity contribution >= 4 is 5.97 Å². The molecular weight excluding hydrogens is 230 g/mol. The molecule has 18 heavy (non-hydrogen) atoms. The number of nitriles is 1. The van der Waals surface area contributed by atoms with Gasteiger partial charge in [0.15, 0.2) is 0 Å². The van der Waals surface area contributed by atoms with Crippen LogP contribution in [0.15, 0.2) is 24.3 Å². The minimum absolute atomic E-state index is 0.0156. The molecule has 0 fully saturated rings. The summed E-state index contributed by atoms with van der Waals surface area (Å²) in [4.78, 5) is 10.5. The highest BCUT2D eigenvalue weighted by Gasteiger charge is 2.16. The zero-order valence-electron chi connectivity index (χ0n) is 10.6. The fraction of sp³-hybridized carbons (Fsp3) is 0.429. The Labute approximate surface area is 107 Å². The molecule has 1 aromatic carbocycles. The summed E-state index contributed by atoms with van der Waals surface area (Å²) < 4.78 is 5.51. The molecule has 0 unspecified atom stereocenters. The standard InChI is InChI=1S/C14H17NO3/c1-14(2,10-15)7-8-18-12-5-3-11(4-6-12)9-13(16)17/h3-6H,7-9H2,1-2H3,(H,16,17). The van der Waals surface area contributed by atoms with Crippen molar-refractivity contribution in [1.29, 1.82) is 5.26 Å². The van der Waals surface area contributed by atoms with E-state index in [0.29, 0.717) is 18.8 Å². The Morgan fingerprint density at radius 2 is 2.00 bits per heavy atom. The van der Waals surface area contributed by atoms with Gasteiger partial charge in [0.25, 0.3) is 0 Å². The lowest BCUT2D eigenvalue weighted by Gasteiger charge is -2.15. The number of carbonyl (C=O) groups is 1. The van der Waals surface area contributed by atoms with Crippen LogP contribution in [0.5, 0.6) is 5.75 Å². The third-order valence-electron chi connectivity index (χ3n) is 2.58. The summed E-state index contributed by atoms with van der Waals surface area (Å²) in [5.74, 6) is -0.155. The molecule has 0 saturated carbocycles. The number of aliphatic carboxylic acids is 1. The zero-order chi connectivity index (χ0) is 13.6. The fourth-order valence-corrected chi connectivity index (χ4v) is 1.36. The van der Waals surface area contributed by atoms with Crippen LogP contribution in [-0.2, 0) is 11.2 Å². The van der Waals surface area contributed by atoms with Crippen molar-refractivity contribution in [2.45, 2.75) is 26.7 Å². The SMILES string of the molecule is CC(C)(C#N)CCOc1ccc(CC(=O)O)cc1. The van der Waals surface area contributed by atoms with Crippen molar-refractivity contribution < 1.29 is 14.6 Å². The molecule has 1 N–H and O–H groups in total. The average molecular weight is 247 g/mol.